The van der Waals surface area contributed by atoms with E-state index in [0.29, 0.717) is 21.5 Å². The fourth-order valence-corrected chi connectivity index (χ4v) is 2.54. The topological polar surface area (TPSA) is 48.7 Å². The first kappa shape index (κ1) is 14.0. The predicted molar refractivity (Wildman–Crippen MR) is 74.4 cm³/mol. The molecule has 0 N–H and O–H groups in total. The number of furan rings is 1. The number of ketones is 1. The molecular weight excluding hydrogens is 335 g/mol. The quantitative estimate of drug-likeness (QED) is 0.787. The molecule has 19 heavy (non-hydrogen) atoms. The molecule has 4 nitrogen and oxygen atoms in total. The molecule has 0 radical (unpaired) electrons. The van der Waals surface area contributed by atoms with Crippen LogP contribution in [0.1, 0.15) is 15.9 Å². The summed E-state index contributed by atoms with van der Waals surface area (Å²) >= 11 is 9.16. The standard InChI is InChI=1S/C13H10BrClO4/c1-17-9-4-3-7(12(18-2)10(9)14)11(16)8-5-6-19-13(8)15/h3-6H,1-2H3. The fraction of sp³-hybridized carbons (Fsp3) is 0.154. The average molecular weight is 346 g/mol. The maximum Gasteiger partial charge on any atom is 0.204 e. The second kappa shape index (κ2) is 5.67. The van der Waals surface area contributed by atoms with Crippen molar-refractivity contribution in [2.24, 2.45) is 0 Å². The van der Waals surface area contributed by atoms with Crippen molar-refractivity contribution in [2.75, 3.05) is 14.2 Å². The number of hydrogen-bond acceptors (Lipinski definition) is 4. The lowest BCUT2D eigenvalue weighted by molar-refractivity contribution is 0.103. The number of methoxy groups -OCH3 is 2. The van der Waals surface area contributed by atoms with Crippen LogP contribution in [0.4, 0.5) is 0 Å². The van der Waals surface area contributed by atoms with Crippen LogP contribution in [0.15, 0.2) is 33.4 Å². The molecule has 2 rings (SSSR count). The number of ether oxygens (including phenoxy) is 2. The number of benzene rings is 1. The van der Waals surface area contributed by atoms with E-state index >= 15 is 0 Å². The molecule has 0 aliphatic carbocycles. The van der Waals surface area contributed by atoms with E-state index < -0.39 is 0 Å². The van der Waals surface area contributed by atoms with E-state index in [1.54, 1.807) is 12.1 Å². The molecule has 2 aromatic rings. The van der Waals surface area contributed by atoms with Gasteiger partial charge in [-0.05, 0) is 45.7 Å². The van der Waals surface area contributed by atoms with Gasteiger partial charge in [0.1, 0.15) is 16.0 Å². The van der Waals surface area contributed by atoms with Gasteiger partial charge in [-0.2, -0.15) is 0 Å². The summed E-state index contributed by atoms with van der Waals surface area (Å²) < 4.78 is 15.9. The van der Waals surface area contributed by atoms with Gasteiger partial charge >= 0.3 is 0 Å². The highest BCUT2D eigenvalue weighted by Gasteiger charge is 2.22. The van der Waals surface area contributed by atoms with Crippen LogP contribution < -0.4 is 9.47 Å². The van der Waals surface area contributed by atoms with Crippen LogP contribution in [-0.4, -0.2) is 20.0 Å². The molecule has 6 heteroatoms. The summed E-state index contributed by atoms with van der Waals surface area (Å²) in [4.78, 5) is 12.4. The number of halogens is 2. The maximum absolute atomic E-state index is 12.4. The minimum absolute atomic E-state index is 0.0546. The summed E-state index contributed by atoms with van der Waals surface area (Å²) in [5, 5.41) is 0.0546. The molecule has 0 fully saturated rings. The van der Waals surface area contributed by atoms with Crippen LogP contribution >= 0.6 is 27.5 Å². The maximum atomic E-state index is 12.4. The SMILES string of the molecule is COc1ccc(C(=O)c2ccoc2Cl)c(OC)c1Br. The van der Waals surface area contributed by atoms with Gasteiger partial charge in [0.05, 0.1) is 31.6 Å². The third-order valence-corrected chi connectivity index (χ3v) is 3.64. The highest BCUT2D eigenvalue weighted by molar-refractivity contribution is 9.10. The van der Waals surface area contributed by atoms with Crippen molar-refractivity contribution < 1.29 is 18.7 Å². The van der Waals surface area contributed by atoms with Gasteiger partial charge < -0.3 is 13.9 Å². The summed E-state index contributed by atoms with van der Waals surface area (Å²) in [5.74, 6) is 0.687. The Morgan fingerprint density at radius 3 is 2.47 bits per heavy atom. The Bertz CT molecular complexity index is 621. The van der Waals surface area contributed by atoms with E-state index in [9.17, 15) is 4.79 Å². The van der Waals surface area contributed by atoms with Crippen LogP contribution in [0.2, 0.25) is 5.22 Å². The molecule has 0 bridgehead atoms. The first-order chi connectivity index (χ1) is 9.10. The molecule has 0 aliphatic heterocycles. The van der Waals surface area contributed by atoms with Crippen molar-refractivity contribution in [3.05, 3.63) is 45.3 Å². The minimum Gasteiger partial charge on any atom is -0.495 e. The van der Waals surface area contributed by atoms with Gasteiger partial charge in [0, 0.05) is 0 Å². The molecule has 0 spiro atoms. The molecule has 0 atom stereocenters. The lowest BCUT2D eigenvalue weighted by Gasteiger charge is -2.12. The number of carbonyl (C=O) groups excluding carboxylic acids is 1. The Hall–Kier alpha value is -1.46. The normalized spacial score (nSPS) is 10.3. The summed E-state index contributed by atoms with van der Waals surface area (Å²) in [7, 11) is 3.02. The largest absolute Gasteiger partial charge is 0.495 e. The zero-order chi connectivity index (χ0) is 14.0. The molecule has 1 aromatic carbocycles. The Morgan fingerprint density at radius 2 is 1.95 bits per heavy atom. The smallest absolute Gasteiger partial charge is 0.204 e. The van der Waals surface area contributed by atoms with E-state index in [-0.39, 0.29) is 16.6 Å². The van der Waals surface area contributed by atoms with Gasteiger partial charge in [-0.1, -0.05) is 0 Å². The van der Waals surface area contributed by atoms with Crippen LogP contribution in [0.3, 0.4) is 0 Å². The van der Waals surface area contributed by atoms with Gasteiger partial charge in [0.25, 0.3) is 0 Å². The second-order valence-electron chi connectivity index (χ2n) is 3.60. The Morgan fingerprint density at radius 1 is 1.21 bits per heavy atom. The third-order valence-electron chi connectivity index (χ3n) is 2.59. The summed E-state index contributed by atoms with van der Waals surface area (Å²) in [6.07, 6.45) is 1.36. The molecule has 1 aromatic heterocycles. The van der Waals surface area contributed by atoms with Crippen molar-refractivity contribution in [1.29, 1.82) is 0 Å². The van der Waals surface area contributed by atoms with E-state index in [2.05, 4.69) is 15.9 Å². The van der Waals surface area contributed by atoms with E-state index in [4.69, 9.17) is 25.5 Å². The third kappa shape index (κ3) is 2.48. The van der Waals surface area contributed by atoms with E-state index in [1.165, 1.54) is 26.5 Å². The van der Waals surface area contributed by atoms with Gasteiger partial charge in [0.2, 0.25) is 11.0 Å². The molecule has 0 unspecified atom stereocenters. The van der Waals surface area contributed by atoms with Crippen molar-refractivity contribution in [3.63, 3.8) is 0 Å². The number of hydrogen-bond donors (Lipinski definition) is 0. The Labute approximate surface area is 123 Å². The van der Waals surface area contributed by atoms with Gasteiger partial charge in [-0.3, -0.25) is 4.79 Å². The zero-order valence-corrected chi connectivity index (χ0v) is 12.5. The number of rotatable bonds is 4. The summed E-state index contributed by atoms with van der Waals surface area (Å²) in [6.45, 7) is 0. The average Bonchev–Trinajstić information content (AvgIpc) is 2.83. The molecule has 0 saturated carbocycles. The van der Waals surface area contributed by atoms with Crippen molar-refractivity contribution in [2.45, 2.75) is 0 Å². The van der Waals surface area contributed by atoms with Gasteiger partial charge in [0.15, 0.2) is 0 Å². The van der Waals surface area contributed by atoms with Crippen LogP contribution in [0, 0.1) is 0 Å². The molecule has 100 valence electrons. The highest BCUT2D eigenvalue weighted by Crippen LogP contribution is 2.38. The molecule has 0 amide bonds. The van der Waals surface area contributed by atoms with Crippen LogP contribution in [0.5, 0.6) is 11.5 Å². The first-order valence-electron chi connectivity index (χ1n) is 5.28. The lowest BCUT2D eigenvalue weighted by atomic mass is 10.0. The van der Waals surface area contributed by atoms with Crippen molar-refractivity contribution in [1.82, 2.24) is 0 Å². The second-order valence-corrected chi connectivity index (χ2v) is 4.74. The molecule has 0 saturated heterocycles. The minimum atomic E-state index is -0.279. The number of carbonyl (C=O) groups is 1. The summed E-state index contributed by atoms with van der Waals surface area (Å²) in [5.41, 5.74) is 0.663. The van der Waals surface area contributed by atoms with Gasteiger partial charge in [-0.25, -0.2) is 0 Å². The van der Waals surface area contributed by atoms with Crippen molar-refractivity contribution >= 4 is 33.3 Å². The molecule has 1 heterocycles. The Kier molecular flexibility index (Phi) is 4.17. The molecular formula is C13H10BrClO4. The first-order valence-corrected chi connectivity index (χ1v) is 6.45. The summed E-state index contributed by atoms with van der Waals surface area (Å²) in [6, 6.07) is 4.81. The van der Waals surface area contributed by atoms with E-state index in [0.717, 1.165) is 0 Å². The molecule has 0 aliphatic rings. The fourth-order valence-electron chi connectivity index (χ4n) is 1.67. The van der Waals surface area contributed by atoms with Gasteiger partial charge in [-0.15, -0.1) is 0 Å². The highest BCUT2D eigenvalue weighted by atomic mass is 79.9. The zero-order valence-electron chi connectivity index (χ0n) is 10.2. The Balaban J connectivity index is 2.54. The van der Waals surface area contributed by atoms with Crippen LogP contribution in [0.25, 0.3) is 0 Å². The predicted octanol–water partition coefficient (Wildman–Crippen LogP) is 3.94. The van der Waals surface area contributed by atoms with Crippen molar-refractivity contribution in [3.8, 4) is 11.5 Å². The van der Waals surface area contributed by atoms with E-state index in [1.807, 2.05) is 0 Å². The monoisotopic (exact) mass is 344 g/mol. The van der Waals surface area contributed by atoms with Crippen LogP contribution in [-0.2, 0) is 0 Å². The lowest BCUT2D eigenvalue weighted by Crippen LogP contribution is -2.04.